The van der Waals surface area contributed by atoms with Crippen LogP contribution in [0.3, 0.4) is 0 Å². The van der Waals surface area contributed by atoms with Crippen molar-refractivity contribution in [1.82, 2.24) is 4.72 Å². The van der Waals surface area contributed by atoms with Crippen LogP contribution in [0.4, 0.5) is 0 Å². The second-order valence-electron chi connectivity index (χ2n) is 4.33. The van der Waals surface area contributed by atoms with Gasteiger partial charge >= 0.3 is 0 Å². The van der Waals surface area contributed by atoms with Gasteiger partial charge < -0.3 is 5.11 Å². The summed E-state index contributed by atoms with van der Waals surface area (Å²) in [4.78, 5) is 1.04. The average molecular weight is 291 g/mol. The molecular formula is C12H21NO3S2. The van der Waals surface area contributed by atoms with Crippen LogP contribution in [0.5, 0.6) is 0 Å². The maximum Gasteiger partial charge on any atom is 0.250 e. The van der Waals surface area contributed by atoms with Gasteiger partial charge in [-0.15, -0.1) is 11.3 Å². The molecule has 6 heteroatoms. The molecule has 0 aliphatic heterocycles. The van der Waals surface area contributed by atoms with Gasteiger partial charge in [-0.25, -0.2) is 13.1 Å². The van der Waals surface area contributed by atoms with E-state index in [0.717, 1.165) is 11.3 Å². The Labute approximate surface area is 113 Å². The van der Waals surface area contributed by atoms with Crippen molar-refractivity contribution in [2.45, 2.75) is 49.8 Å². The monoisotopic (exact) mass is 291 g/mol. The molecule has 1 rings (SSSR count). The van der Waals surface area contributed by atoms with Crippen LogP contribution in [-0.2, 0) is 16.4 Å². The number of hydrogen-bond acceptors (Lipinski definition) is 4. The van der Waals surface area contributed by atoms with E-state index in [2.05, 4.69) is 4.72 Å². The Morgan fingerprint density at radius 3 is 2.33 bits per heavy atom. The number of aryl methyl sites for hydroxylation is 1. The molecule has 0 aliphatic carbocycles. The van der Waals surface area contributed by atoms with Gasteiger partial charge in [0.1, 0.15) is 4.21 Å². The van der Waals surface area contributed by atoms with Crippen LogP contribution in [-0.4, -0.2) is 25.7 Å². The number of sulfonamides is 1. The Morgan fingerprint density at radius 2 is 1.89 bits per heavy atom. The first kappa shape index (κ1) is 15.6. The smallest absolute Gasteiger partial charge is 0.250 e. The van der Waals surface area contributed by atoms with Crippen molar-refractivity contribution in [3.63, 3.8) is 0 Å². The molecule has 0 aromatic carbocycles. The van der Waals surface area contributed by atoms with Gasteiger partial charge in [0, 0.05) is 11.4 Å². The third kappa shape index (κ3) is 3.78. The fourth-order valence-corrected chi connectivity index (χ4v) is 3.95. The number of aliphatic hydroxyl groups is 1. The fraction of sp³-hybridized carbons (Fsp3) is 0.667. The highest BCUT2D eigenvalue weighted by Crippen LogP contribution is 2.22. The SMILES string of the molecule is CCc1ccc(S(=O)(=O)NCC(O)(CC)CC)s1. The lowest BCUT2D eigenvalue weighted by atomic mass is 9.98. The van der Waals surface area contributed by atoms with E-state index in [1.165, 1.54) is 11.3 Å². The van der Waals surface area contributed by atoms with E-state index in [1.807, 2.05) is 26.8 Å². The molecule has 0 aliphatic rings. The molecule has 1 heterocycles. The normalized spacial score (nSPS) is 12.9. The summed E-state index contributed by atoms with van der Waals surface area (Å²) >= 11 is 1.27. The minimum Gasteiger partial charge on any atom is -0.389 e. The first-order valence-electron chi connectivity index (χ1n) is 6.17. The molecule has 104 valence electrons. The van der Waals surface area contributed by atoms with Crippen molar-refractivity contribution in [3.05, 3.63) is 17.0 Å². The summed E-state index contributed by atoms with van der Waals surface area (Å²) in [6.45, 7) is 5.74. The predicted molar refractivity (Wildman–Crippen MR) is 74.4 cm³/mol. The van der Waals surface area contributed by atoms with Crippen LogP contribution < -0.4 is 4.72 Å². The summed E-state index contributed by atoms with van der Waals surface area (Å²) < 4.78 is 26.9. The number of rotatable bonds is 7. The van der Waals surface area contributed by atoms with Gasteiger partial charge in [-0.05, 0) is 31.4 Å². The molecule has 4 nitrogen and oxygen atoms in total. The van der Waals surface area contributed by atoms with Crippen LogP contribution in [0.1, 0.15) is 38.5 Å². The lowest BCUT2D eigenvalue weighted by Gasteiger charge is -2.25. The minimum absolute atomic E-state index is 0.0572. The van der Waals surface area contributed by atoms with Gasteiger partial charge in [0.25, 0.3) is 0 Å². The van der Waals surface area contributed by atoms with E-state index in [4.69, 9.17) is 0 Å². The van der Waals surface area contributed by atoms with Crippen molar-refractivity contribution in [2.24, 2.45) is 0 Å². The Kier molecular flexibility index (Phi) is 5.33. The van der Waals surface area contributed by atoms with E-state index in [0.29, 0.717) is 17.1 Å². The van der Waals surface area contributed by atoms with Crippen molar-refractivity contribution in [2.75, 3.05) is 6.54 Å². The minimum atomic E-state index is -3.49. The summed E-state index contributed by atoms with van der Waals surface area (Å²) in [5.41, 5.74) is -0.960. The maximum absolute atomic E-state index is 12.0. The highest BCUT2D eigenvalue weighted by molar-refractivity contribution is 7.91. The zero-order valence-corrected chi connectivity index (χ0v) is 12.7. The van der Waals surface area contributed by atoms with Gasteiger partial charge in [-0.1, -0.05) is 20.8 Å². The highest BCUT2D eigenvalue weighted by Gasteiger charge is 2.26. The van der Waals surface area contributed by atoms with Gasteiger partial charge in [0.05, 0.1) is 5.60 Å². The van der Waals surface area contributed by atoms with E-state index < -0.39 is 15.6 Å². The summed E-state index contributed by atoms with van der Waals surface area (Å²) in [5, 5.41) is 10.1. The van der Waals surface area contributed by atoms with Crippen LogP contribution in [0.2, 0.25) is 0 Å². The molecule has 0 unspecified atom stereocenters. The second kappa shape index (κ2) is 6.14. The number of thiophene rings is 1. The molecule has 1 aromatic heterocycles. The van der Waals surface area contributed by atoms with Gasteiger partial charge in [0.2, 0.25) is 10.0 Å². The fourth-order valence-electron chi connectivity index (χ4n) is 1.49. The third-order valence-corrected chi connectivity index (χ3v) is 6.28. The van der Waals surface area contributed by atoms with Gasteiger partial charge in [-0.3, -0.25) is 0 Å². The summed E-state index contributed by atoms with van der Waals surface area (Å²) in [5.74, 6) is 0. The number of nitrogens with one attached hydrogen (secondary N) is 1. The molecule has 0 saturated carbocycles. The van der Waals surface area contributed by atoms with Gasteiger partial charge in [-0.2, -0.15) is 0 Å². The lowest BCUT2D eigenvalue weighted by Crippen LogP contribution is -2.41. The molecule has 18 heavy (non-hydrogen) atoms. The lowest BCUT2D eigenvalue weighted by molar-refractivity contribution is 0.0377. The Balaban J connectivity index is 2.77. The molecule has 0 atom stereocenters. The first-order valence-corrected chi connectivity index (χ1v) is 8.47. The zero-order valence-electron chi connectivity index (χ0n) is 11.1. The molecule has 0 fully saturated rings. The standard InChI is InChI=1S/C12H21NO3S2/c1-4-10-7-8-11(17-10)18(15,16)13-9-12(14,5-2)6-3/h7-8,13-14H,4-6,9H2,1-3H3. The van der Waals surface area contributed by atoms with E-state index in [-0.39, 0.29) is 6.54 Å². The quantitative estimate of drug-likeness (QED) is 0.809. The maximum atomic E-state index is 12.0. The zero-order chi connectivity index (χ0) is 13.8. The molecular weight excluding hydrogens is 270 g/mol. The highest BCUT2D eigenvalue weighted by atomic mass is 32.2. The number of hydrogen-bond donors (Lipinski definition) is 2. The molecule has 0 spiro atoms. The van der Waals surface area contributed by atoms with E-state index in [9.17, 15) is 13.5 Å². The second-order valence-corrected chi connectivity index (χ2v) is 7.49. The average Bonchev–Trinajstić information content (AvgIpc) is 2.85. The summed E-state index contributed by atoms with van der Waals surface area (Å²) in [6.07, 6.45) is 1.88. The van der Waals surface area contributed by atoms with Crippen LogP contribution in [0.25, 0.3) is 0 Å². The van der Waals surface area contributed by atoms with Crippen molar-refractivity contribution >= 4 is 21.4 Å². The molecule has 0 amide bonds. The molecule has 2 N–H and O–H groups in total. The first-order chi connectivity index (χ1) is 8.37. The van der Waals surface area contributed by atoms with Crippen molar-refractivity contribution in [1.29, 1.82) is 0 Å². The van der Waals surface area contributed by atoms with Crippen LogP contribution >= 0.6 is 11.3 Å². The van der Waals surface area contributed by atoms with E-state index >= 15 is 0 Å². The Hall–Kier alpha value is -0.430. The summed E-state index contributed by atoms with van der Waals surface area (Å²) in [7, 11) is -3.49. The topological polar surface area (TPSA) is 66.4 Å². The molecule has 1 aromatic rings. The van der Waals surface area contributed by atoms with Gasteiger partial charge in [0.15, 0.2) is 0 Å². The Morgan fingerprint density at radius 1 is 1.28 bits per heavy atom. The van der Waals surface area contributed by atoms with Crippen LogP contribution in [0, 0.1) is 0 Å². The molecule has 0 radical (unpaired) electrons. The van der Waals surface area contributed by atoms with Crippen molar-refractivity contribution < 1.29 is 13.5 Å². The predicted octanol–water partition coefficient (Wildman–Crippen LogP) is 2.14. The largest absolute Gasteiger partial charge is 0.389 e. The molecule has 0 saturated heterocycles. The third-order valence-electron chi connectivity index (χ3n) is 3.16. The summed E-state index contributed by atoms with van der Waals surface area (Å²) in [6, 6.07) is 3.44. The molecule has 0 bridgehead atoms. The van der Waals surface area contributed by atoms with E-state index in [1.54, 1.807) is 6.07 Å². The van der Waals surface area contributed by atoms with Crippen molar-refractivity contribution in [3.8, 4) is 0 Å². The Bertz CT molecular complexity index is 475. The van der Waals surface area contributed by atoms with Crippen LogP contribution in [0.15, 0.2) is 16.3 Å².